The minimum Gasteiger partial charge on any atom is -0.352 e. The van der Waals surface area contributed by atoms with Crippen molar-refractivity contribution in [1.82, 2.24) is 15.5 Å². The second-order valence-electron chi connectivity index (χ2n) is 3.52. The standard InChI is InChI=1S/C9H13ClN4/c1-7-6-14(5-4-11-7)9-3-2-8(10)12-13-9/h2-3,7,11H,4-6H2,1H3. The molecule has 1 atom stereocenters. The van der Waals surface area contributed by atoms with Gasteiger partial charge in [-0.15, -0.1) is 10.2 Å². The molecule has 14 heavy (non-hydrogen) atoms. The second-order valence-corrected chi connectivity index (χ2v) is 3.90. The van der Waals surface area contributed by atoms with Gasteiger partial charge in [0.05, 0.1) is 0 Å². The first-order valence-corrected chi connectivity index (χ1v) is 5.11. The molecule has 1 unspecified atom stereocenters. The molecule has 1 aromatic heterocycles. The Bertz CT molecular complexity index is 300. The topological polar surface area (TPSA) is 41.1 Å². The van der Waals surface area contributed by atoms with Crippen LogP contribution in [0.5, 0.6) is 0 Å². The highest BCUT2D eigenvalue weighted by Gasteiger charge is 2.16. The normalized spacial score (nSPS) is 22.4. The molecule has 2 heterocycles. The zero-order chi connectivity index (χ0) is 9.97. The van der Waals surface area contributed by atoms with Gasteiger partial charge in [0.25, 0.3) is 0 Å². The van der Waals surface area contributed by atoms with Gasteiger partial charge in [-0.2, -0.15) is 0 Å². The van der Waals surface area contributed by atoms with E-state index < -0.39 is 0 Å². The largest absolute Gasteiger partial charge is 0.352 e. The number of hydrogen-bond acceptors (Lipinski definition) is 4. The highest BCUT2D eigenvalue weighted by atomic mass is 35.5. The summed E-state index contributed by atoms with van der Waals surface area (Å²) in [7, 11) is 0. The van der Waals surface area contributed by atoms with Gasteiger partial charge in [0.1, 0.15) is 0 Å². The number of rotatable bonds is 1. The third-order valence-electron chi connectivity index (χ3n) is 2.31. The van der Waals surface area contributed by atoms with Gasteiger partial charge in [0, 0.05) is 25.7 Å². The summed E-state index contributed by atoms with van der Waals surface area (Å²) in [6, 6.07) is 4.19. The van der Waals surface area contributed by atoms with E-state index in [2.05, 4.69) is 27.3 Å². The van der Waals surface area contributed by atoms with Crippen LogP contribution in [-0.4, -0.2) is 35.9 Å². The van der Waals surface area contributed by atoms with E-state index in [1.54, 1.807) is 6.07 Å². The third kappa shape index (κ3) is 2.13. The van der Waals surface area contributed by atoms with Crippen LogP contribution in [0.1, 0.15) is 6.92 Å². The first-order valence-electron chi connectivity index (χ1n) is 4.73. The fourth-order valence-electron chi connectivity index (χ4n) is 1.62. The predicted octanol–water partition coefficient (Wildman–Crippen LogP) is 0.928. The number of anilines is 1. The van der Waals surface area contributed by atoms with Crippen molar-refractivity contribution in [2.45, 2.75) is 13.0 Å². The molecule has 1 aromatic rings. The SMILES string of the molecule is CC1CN(c2ccc(Cl)nn2)CCN1. The Kier molecular flexibility index (Phi) is 2.84. The van der Waals surface area contributed by atoms with E-state index >= 15 is 0 Å². The molecule has 0 aliphatic carbocycles. The summed E-state index contributed by atoms with van der Waals surface area (Å²) in [5, 5.41) is 11.7. The lowest BCUT2D eigenvalue weighted by molar-refractivity contribution is 0.481. The second kappa shape index (κ2) is 4.11. The Morgan fingerprint density at radius 3 is 3.00 bits per heavy atom. The van der Waals surface area contributed by atoms with Crippen molar-refractivity contribution >= 4 is 17.4 Å². The van der Waals surface area contributed by atoms with E-state index in [1.807, 2.05) is 6.07 Å². The maximum Gasteiger partial charge on any atom is 0.151 e. The fraction of sp³-hybridized carbons (Fsp3) is 0.556. The highest BCUT2D eigenvalue weighted by Crippen LogP contribution is 2.13. The van der Waals surface area contributed by atoms with Crippen molar-refractivity contribution in [1.29, 1.82) is 0 Å². The van der Waals surface area contributed by atoms with Crippen molar-refractivity contribution in [3.05, 3.63) is 17.3 Å². The summed E-state index contributed by atoms with van der Waals surface area (Å²) < 4.78 is 0. The number of nitrogens with zero attached hydrogens (tertiary/aromatic N) is 3. The molecule has 1 aliphatic rings. The first-order chi connectivity index (χ1) is 6.75. The third-order valence-corrected chi connectivity index (χ3v) is 2.51. The van der Waals surface area contributed by atoms with Crippen LogP contribution in [0.15, 0.2) is 12.1 Å². The number of hydrogen-bond donors (Lipinski definition) is 1. The molecule has 5 heteroatoms. The number of halogens is 1. The van der Waals surface area contributed by atoms with E-state index in [1.165, 1.54) is 0 Å². The number of aromatic nitrogens is 2. The van der Waals surface area contributed by atoms with E-state index in [9.17, 15) is 0 Å². The van der Waals surface area contributed by atoms with Crippen molar-refractivity contribution in [3.8, 4) is 0 Å². The van der Waals surface area contributed by atoms with Gasteiger partial charge in [0.15, 0.2) is 11.0 Å². The molecule has 1 N–H and O–H groups in total. The van der Waals surface area contributed by atoms with Gasteiger partial charge in [-0.3, -0.25) is 0 Å². The quantitative estimate of drug-likeness (QED) is 0.752. The molecule has 0 aromatic carbocycles. The van der Waals surface area contributed by atoms with Gasteiger partial charge in [-0.05, 0) is 19.1 Å². The smallest absolute Gasteiger partial charge is 0.151 e. The van der Waals surface area contributed by atoms with Crippen molar-refractivity contribution in [3.63, 3.8) is 0 Å². The average molecular weight is 213 g/mol. The predicted molar refractivity (Wildman–Crippen MR) is 56.7 cm³/mol. The lowest BCUT2D eigenvalue weighted by Gasteiger charge is -2.32. The first kappa shape index (κ1) is 9.68. The van der Waals surface area contributed by atoms with Crippen molar-refractivity contribution in [2.75, 3.05) is 24.5 Å². The maximum atomic E-state index is 5.67. The van der Waals surface area contributed by atoms with Crippen molar-refractivity contribution < 1.29 is 0 Å². The molecule has 0 amide bonds. The molecular weight excluding hydrogens is 200 g/mol. The molecule has 1 aliphatic heterocycles. The van der Waals surface area contributed by atoms with Gasteiger partial charge in [0.2, 0.25) is 0 Å². The van der Waals surface area contributed by atoms with Crippen LogP contribution < -0.4 is 10.2 Å². The fourth-order valence-corrected chi connectivity index (χ4v) is 1.72. The Morgan fingerprint density at radius 2 is 2.36 bits per heavy atom. The Labute approximate surface area is 88.3 Å². The number of piperazine rings is 1. The van der Waals surface area contributed by atoms with Gasteiger partial charge >= 0.3 is 0 Å². The Morgan fingerprint density at radius 1 is 1.50 bits per heavy atom. The van der Waals surface area contributed by atoms with Crippen LogP contribution in [0.3, 0.4) is 0 Å². The Hall–Kier alpha value is -0.870. The molecule has 4 nitrogen and oxygen atoms in total. The summed E-state index contributed by atoms with van der Waals surface area (Å²) >= 11 is 5.67. The average Bonchev–Trinajstić information content (AvgIpc) is 2.19. The van der Waals surface area contributed by atoms with Crippen LogP contribution in [-0.2, 0) is 0 Å². The van der Waals surface area contributed by atoms with Crippen LogP contribution in [0.25, 0.3) is 0 Å². The Balaban J connectivity index is 2.10. The summed E-state index contributed by atoms with van der Waals surface area (Å²) in [6.45, 7) is 5.10. The molecule has 0 saturated carbocycles. The highest BCUT2D eigenvalue weighted by molar-refractivity contribution is 6.29. The molecule has 1 fully saturated rings. The zero-order valence-electron chi connectivity index (χ0n) is 8.07. The van der Waals surface area contributed by atoms with Gasteiger partial charge < -0.3 is 10.2 Å². The number of nitrogens with one attached hydrogen (secondary N) is 1. The van der Waals surface area contributed by atoms with E-state index in [0.717, 1.165) is 25.5 Å². The lowest BCUT2D eigenvalue weighted by atomic mass is 10.2. The zero-order valence-corrected chi connectivity index (χ0v) is 8.83. The maximum absolute atomic E-state index is 5.67. The minimum atomic E-state index is 0.442. The van der Waals surface area contributed by atoms with Crippen LogP contribution in [0, 0.1) is 0 Å². The molecule has 76 valence electrons. The summed E-state index contributed by atoms with van der Waals surface area (Å²) in [6.07, 6.45) is 0. The van der Waals surface area contributed by atoms with Crippen LogP contribution >= 0.6 is 11.6 Å². The van der Waals surface area contributed by atoms with Crippen molar-refractivity contribution in [2.24, 2.45) is 0 Å². The van der Waals surface area contributed by atoms with Gasteiger partial charge in [-0.1, -0.05) is 11.6 Å². The minimum absolute atomic E-state index is 0.442. The lowest BCUT2D eigenvalue weighted by Crippen LogP contribution is -2.49. The van der Waals surface area contributed by atoms with E-state index in [0.29, 0.717) is 11.2 Å². The molecule has 2 rings (SSSR count). The summed E-state index contributed by atoms with van der Waals surface area (Å²) in [4.78, 5) is 2.21. The molecule has 0 spiro atoms. The molecule has 0 bridgehead atoms. The molecule has 0 radical (unpaired) electrons. The van der Waals surface area contributed by atoms with E-state index in [-0.39, 0.29) is 0 Å². The monoisotopic (exact) mass is 212 g/mol. The summed E-state index contributed by atoms with van der Waals surface area (Å²) in [5.41, 5.74) is 0. The van der Waals surface area contributed by atoms with Gasteiger partial charge in [-0.25, -0.2) is 0 Å². The van der Waals surface area contributed by atoms with Crippen LogP contribution in [0.2, 0.25) is 5.15 Å². The molecular formula is C9H13ClN4. The summed E-state index contributed by atoms with van der Waals surface area (Å²) in [5.74, 6) is 0.905. The van der Waals surface area contributed by atoms with Crippen LogP contribution in [0.4, 0.5) is 5.82 Å². The van der Waals surface area contributed by atoms with E-state index in [4.69, 9.17) is 11.6 Å². The molecule has 1 saturated heterocycles.